The summed E-state index contributed by atoms with van der Waals surface area (Å²) in [6.07, 6.45) is 2.20. The van der Waals surface area contributed by atoms with E-state index in [-0.39, 0.29) is 0 Å². The fourth-order valence-corrected chi connectivity index (χ4v) is 3.14. The zero-order chi connectivity index (χ0) is 15.3. The number of nitrogens with zero attached hydrogens (tertiary/aromatic N) is 1. The summed E-state index contributed by atoms with van der Waals surface area (Å²) in [5.74, 6) is 0. The summed E-state index contributed by atoms with van der Waals surface area (Å²) in [5.41, 5.74) is 0.647. The molecule has 1 rings (SSSR count). The molecular formula is C14H23ClN2O2S. The molecule has 4 nitrogen and oxygen atoms in total. The first-order valence-corrected chi connectivity index (χ1v) is 8.84. The Morgan fingerprint density at radius 2 is 2.00 bits per heavy atom. The van der Waals surface area contributed by atoms with Crippen molar-refractivity contribution >= 4 is 21.4 Å². The van der Waals surface area contributed by atoms with Crippen molar-refractivity contribution in [2.45, 2.75) is 30.8 Å². The van der Waals surface area contributed by atoms with Crippen molar-refractivity contribution in [1.29, 1.82) is 0 Å². The van der Waals surface area contributed by atoms with Gasteiger partial charge in [0.25, 0.3) is 0 Å². The number of sulfone groups is 1. The van der Waals surface area contributed by atoms with E-state index < -0.39 is 9.84 Å². The summed E-state index contributed by atoms with van der Waals surface area (Å²) < 4.78 is 23.5. The molecule has 0 saturated heterocycles. The van der Waals surface area contributed by atoms with E-state index in [9.17, 15) is 8.42 Å². The molecular weight excluding hydrogens is 296 g/mol. The van der Waals surface area contributed by atoms with Crippen molar-refractivity contribution in [2.75, 3.05) is 26.9 Å². The smallest absolute Gasteiger partial charge is 0.175 e. The predicted octanol–water partition coefficient (Wildman–Crippen LogP) is 2.17. The zero-order valence-corrected chi connectivity index (χ0v) is 14.1. The van der Waals surface area contributed by atoms with Crippen LogP contribution in [-0.4, -0.2) is 46.3 Å². The predicted molar refractivity (Wildman–Crippen MR) is 84.0 cm³/mol. The third-order valence-electron chi connectivity index (χ3n) is 3.11. The van der Waals surface area contributed by atoms with E-state index in [1.807, 2.05) is 14.1 Å². The van der Waals surface area contributed by atoms with Gasteiger partial charge < -0.3 is 10.2 Å². The lowest BCUT2D eigenvalue weighted by Gasteiger charge is -2.18. The molecule has 1 atom stereocenters. The second-order valence-electron chi connectivity index (χ2n) is 5.36. The highest BCUT2D eigenvalue weighted by Gasteiger charge is 2.16. The summed E-state index contributed by atoms with van der Waals surface area (Å²) in [4.78, 5) is 2.42. The van der Waals surface area contributed by atoms with Gasteiger partial charge in [0.2, 0.25) is 0 Å². The van der Waals surface area contributed by atoms with E-state index in [0.29, 0.717) is 28.1 Å². The maximum absolute atomic E-state index is 11.8. The minimum Gasteiger partial charge on any atom is -0.310 e. The molecule has 0 saturated carbocycles. The minimum atomic E-state index is -3.26. The van der Waals surface area contributed by atoms with Gasteiger partial charge in [-0.2, -0.15) is 0 Å². The molecule has 20 heavy (non-hydrogen) atoms. The highest BCUT2D eigenvalue weighted by Crippen LogP contribution is 2.24. The van der Waals surface area contributed by atoms with Gasteiger partial charge in [0.05, 0.1) is 4.90 Å². The Kier molecular flexibility index (Phi) is 6.45. The van der Waals surface area contributed by atoms with Crippen LogP contribution in [0.3, 0.4) is 0 Å². The van der Waals surface area contributed by atoms with Gasteiger partial charge in [0, 0.05) is 29.4 Å². The Morgan fingerprint density at radius 3 is 2.55 bits per heavy atom. The number of halogens is 1. The van der Waals surface area contributed by atoms with Gasteiger partial charge in [0.1, 0.15) is 0 Å². The maximum Gasteiger partial charge on any atom is 0.175 e. The first kappa shape index (κ1) is 17.4. The molecule has 0 spiro atoms. The topological polar surface area (TPSA) is 49.4 Å². The van der Waals surface area contributed by atoms with Crippen LogP contribution in [-0.2, 0) is 16.4 Å². The molecule has 0 aromatic heterocycles. The van der Waals surface area contributed by atoms with Crippen molar-refractivity contribution in [1.82, 2.24) is 10.2 Å². The summed E-state index contributed by atoms with van der Waals surface area (Å²) in [5, 5.41) is 3.82. The molecule has 114 valence electrons. The molecule has 0 heterocycles. The van der Waals surface area contributed by atoms with Crippen LogP contribution in [0.1, 0.15) is 18.9 Å². The molecule has 0 radical (unpaired) electrons. The van der Waals surface area contributed by atoms with Gasteiger partial charge in [0.15, 0.2) is 9.84 Å². The Hall–Kier alpha value is -0.620. The van der Waals surface area contributed by atoms with Gasteiger partial charge in [-0.3, -0.25) is 0 Å². The highest BCUT2D eigenvalue weighted by atomic mass is 35.5. The maximum atomic E-state index is 11.8. The Balaban J connectivity index is 2.78. The van der Waals surface area contributed by atoms with Gasteiger partial charge in [-0.05, 0) is 46.1 Å². The fraction of sp³-hybridized carbons (Fsp3) is 0.571. The summed E-state index contributed by atoms with van der Waals surface area (Å²) in [6.45, 7) is 3.52. The zero-order valence-electron chi connectivity index (χ0n) is 12.5. The van der Waals surface area contributed by atoms with E-state index in [4.69, 9.17) is 11.6 Å². The Labute approximate surface area is 127 Å². The van der Waals surface area contributed by atoms with Crippen molar-refractivity contribution in [2.24, 2.45) is 0 Å². The van der Waals surface area contributed by atoms with E-state index in [2.05, 4.69) is 17.1 Å². The minimum absolute atomic E-state index is 0.293. The lowest BCUT2D eigenvalue weighted by molar-refractivity contribution is 0.365. The molecule has 1 aromatic rings. The second kappa shape index (κ2) is 7.41. The van der Waals surface area contributed by atoms with Gasteiger partial charge in [-0.1, -0.05) is 17.7 Å². The average Bonchev–Trinajstić information content (AvgIpc) is 2.33. The number of benzene rings is 1. The molecule has 1 aromatic carbocycles. The van der Waals surface area contributed by atoms with Crippen molar-refractivity contribution in [3.05, 3.63) is 28.8 Å². The number of hydrogen-bond acceptors (Lipinski definition) is 4. The Morgan fingerprint density at radius 1 is 1.35 bits per heavy atom. The van der Waals surface area contributed by atoms with E-state index in [1.54, 1.807) is 18.2 Å². The highest BCUT2D eigenvalue weighted by molar-refractivity contribution is 7.90. The third kappa shape index (κ3) is 5.40. The Bertz CT molecular complexity index is 544. The molecule has 0 fully saturated rings. The monoisotopic (exact) mass is 318 g/mol. The van der Waals surface area contributed by atoms with Crippen LogP contribution in [0.15, 0.2) is 23.1 Å². The van der Waals surface area contributed by atoms with Crippen LogP contribution in [0, 0.1) is 0 Å². The lowest BCUT2D eigenvalue weighted by Crippen LogP contribution is -2.30. The van der Waals surface area contributed by atoms with Crippen LogP contribution >= 0.6 is 11.6 Å². The molecule has 0 aliphatic rings. The van der Waals surface area contributed by atoms with Crippen LogP contribution < -0.4 is 5.32 Å². The number of rotatable bonds is 7. The molecule has 0 aliphatic carbocycles. The number of hydrogen-bond donors (Lipinski definition) is 1. The van der Waals surface area contributed by atoms with Gasteiger partial charge in [-0.15, -0.1) is 0 Å². The van der Waals surface area contributed by atoms with Crippen LogP contribution in [0.2, 0.25) is 5.02 Å². The van der Waals surface area contributed by atoms with Gasteiger partial charge in [-0.25, -0.2) is 8.42 Å². The van der Waals surface area contributed by atoms with Crippen LogP contribution in [0.4, 0.5) is 0 Å². The summed E-state index contributed by atoms with van der Waals surface area (Å²) in [7, 11) is 0.798. The normalized spacial score (nSPS) is 13.7. The van der Waals surface area contributed by atoms with E-state index in [1.165, 1.54) is 6.26 Å². The standard InChI is InChI=1S/C14H23ClN2O2S/c1-11(8-9-17(2)3)16-10-12-13(15)6-5-7-14(12)20(4,18)19/h5-7,11,16H,8-10H2,1-4H3. The largest absolute Gasteiger partial charge is 0.310 e. The van der Waals surface area contributed by atoms with Crippen LogP contribution in [0.25, 0.3) is 0 Å². The van der Waals surface area contributed by atoms with E-state index >= 15 is 0 Å². The van der Waals surface area contributed by atoms with E-state index in [0.717, 1.165) is 13.0 Å². The lowest BCUT2D eigenvalue weighted by atomic mass is 10.2. The fourth-order valence-electron chi connectivity index (χ4n) is 1.89. The van der Waals surface area contributed by atoms with Gasteiger partial charge >= 0.3 is 0 Å². The molecule has 0 amide bonds. The number of nitrogens with one attached hydrogen (secondary N) is 1. The molecule has 1 unspecified atom stereocenters. The summed E-state index contributed by atoms with van der Waals surface area (Å²) in [6, 6.07) is 5.28. The summed E-state index contributed by atoms with van der Waals surface area (Å²) >= 11 is 6.13. The third-order valence-corrected chi connectivity index (χ3v) is 4.65. The molecule has 0 bridgehead atoms. The van der Waals surface area contributed by atoms with Crippen molar-refractivity contribution in [3.63, 3.8) is 0 Å². The first-order chi connectivity index (χ1) is 9.21. The quantitative estimate of drug-likeness (QED) is 0.837. The van der Waals surface area contributed by atoms with Crippen molar-refractivity contribution in [3.8, 4) is 0 Å². The van der Waals surface area contributed by atoms with Crippen molar-refractivity contribution < 1.29 is 8.42 Å². The molecule has 0 aliphatic heterocycles. The molecule has 1 N–H and O–H groups in total. The second-order valence-corrected chi connectivity index (χ2v) is 7.75. The molecule has 6 heteroatoms. The SMILES string of the molecule is CC(CCN(C)C)NCc1c(Cl)cccc1S(C)(=O)=O. The van der Waals surface area contributed by atoms with Crippen LogP contribution in [0.5, 0.6) is 0 Å². The average molecular weight is 319 g/mol. The first-order valence-electron chi connectivity index (χ1n) is 6.57.